The first kappa shape index (κ1) is 16.6. The van der Waals surface area contributed by atoms with Crippen LogP contribution in [0.15, 0.2) is 18.2 Å². The SMILES string of the molecule is CC(C)NCc1c(Cl)cccc1N(C)C1CCS(=O)(=O)C1. The van der Waals surface area contributed by atoms with Crippen LogP contribution in [0.2, 0.25) is 5.02 Å². The molecule has 6 heteroatoms. The van der Waals surface area contributed by atoms with Crippen LogP contribution in [0.4, 0.5) is 5.69 Å². The zero-order valence-corrected chi connectivity index (χ0v) is 14.3. The highest BCUT2D eigenvalue weighted by atomic mass is 35.5. The minimum Gasteiger partial charge on any atom is -0.370 e. The van der Waals surface area contributed by atoms with Gasteiger partial charge in [0.05, 0.1) is 11.5 Å². The molecule has 0 radical (unpaired) electrons. The van der Waals surface area contributed by atoms with E-state index in [0.717, 1.165) is 11.3 Å². The van der Waals surface area contributed by atoms with Crippen molar-refractivity contribution in [2.24, 2.45) is 0 Å². The van der Waals surface area contributed by atoms with Crippen LogP contribution >= 0.6 is 11.6 Å². The molecule has 21 heavy (non-hydrogen) atoms. The Morgan fingerprint density at radius 3 is 2.71 bits per heavy atom. The molecule has 1 N–H and O–H groups in total. The molecule has 0 aromatic heterocycles. The molecule has 1 aliphatic rings. The van der Waals surface area contributed by atoms with Crippen LogP contribution < -0.4 is 10.2 Å². The van der Waals surface area contributed by atoms with Gasteiger partial charge < -0.3 is 10.2 Å². The van der Waals surface area contributed by atoms with E-state index in [0.29, 0.717) is 24.0 Å². The van der Waals surface area contributed by atoms with E-state index in [1.165, 1.54) is 0 Å². The van der Waals surface area contributed by atoms with Gasteiger partial charge in [-0.15, -0.1) is 0 Å². The van der Waals surface area contributed by atoms with Crippen LogP contribution in [0.25, 0.3) is 0 Å². The summed E-state index contributed by atoms with van der Waals surface area (Å²) >= 11 is 6.33. The van der Waals surface area contributed by atoms with Crippen molar-refractivity contribution in [3.63, 3.8) is 0 Å². The molecule has 4 nitrogen and oxygen atoms in total. The van der Waals surface area contributed by atoms with E-state index in [-0.39, 0.29) is 17.5 Å². The van der Waals surface area contributed by atoms with Crippen molar-refractivity contribution < 1.29 is 8.42 Å². The van der Waals surface area contributed by atoms with E-state index in [2.05, 4.69) is 24.1 Å². The topological polar surface area (TPSA) is 49.4 Å². The maximum Gasteiger partial charge on any atom is 0.152 e. The fourth-order valence-corrected chi connectivity index (χ4v) is 4.65. The largest absolute Gasteiger partial charge is 0.370 e. The number of sulfone groups is 1. The van der Waals surface area contributed by atoms with Gasteiger partial charge in [-0.05, 0) is 18.6 Å². The zero-order valence-electron chi connectivity index (χ0n) is 12.8. The molecule has 0 spiro atoms. The summed E-state index contributed by atoms with van der Waals surface area (Å²) < 4.78 is 23.4. The molecule has 0 aliphatic carbocycles. The Morgan fingerprint density at radius 1 is 1.43 bits per heavy atom. The Kier molecular flexibility index (Phi) is 5.17. The number of anilines is 1. The molecular weight excluding hydrogens is 308 g/mol. The van der Waals surface area contributed by atoms with Gasteiger partial charge in [-0.2, -0.15) is 0 Å². The van der Waals surface area contributed by atoms with Crippen molar-refractivity contribution in [3.8, 4) is 0 Å². The first-order valence-electron chi connectivity index (χ1n) is 7.24. The second kappa shape index (κ2) is 6.55. The quantitative estimate of drug-likeness (QED) is 0.901. The first-order chi connectivity index (χ1) is 9.80. The van der Waals surface area contributed by atoms with Crippen molar-refractivity contribution in [2.75, 3.05) is 23.5 Å². The van der Waals surface area contributed by atoms with E-state index >= 15 is 0 Å². The Morgan fingerprint density at radius 2 is 2.14 bits per heavy atom. The monoisotopic (exact) mass is 330 g/mol. The predicted molar refractivity (Wildman–Crippen MR) is 88.9 cm³/mol. The highest BCUT2D eigenvalue weighted by Gasteiger charge is 2.31. The average Bonchev–Trinajstić information content (AvgIpc) is 2.76. The van der Waals surface area contributed by atoms with Crippen LogP contribution in [-0.4, -0.2) is 39.1 Å². The van der Waals surface area contributed by atoms with Crippen molar-refractivity contribution in [1.82, 2.24) is 5.32 Å². The van der Waals surface area contributed by atoms with Gasteiger partial charge in [0.1, 0.15) is 0 Å². The molecule has 1 aromatic rings. The van der Waals surface area contributed by atoms with Crippen molar-refractivity contribution in [3.05, 3.63) is 28.8 Å². The smallest absolute Gasteiger partial charge is 0.152 e. The molecule has 1 aromatic carbocycles. The van der Waals surface area contributed by atoms with Gasteiger partial charge in [0.25, 0.3) is 0 Å². The molecule has 1 atom stereocenters. The van der Waals surface area contributed by atoms with Crippen molar-refractivity contribution in [1.29, 1.82) is 0 Å². The summed E-state index contributed by atoms with van der Waals surface area (Å²) in [5, 5.41) is 4.09. The van der Waals surface area contributed by atoms with Gasteiger partial charge in [-0.25, -0.2) is 8.42 Å². The number of nitrogens with zero attached hydrogens (tertiary/aromatic N) is 1. The second-order valence-corrected chi connectivity index (χ2v) is 8.58. The molecule has 1 fully saturated rings. The highest BCUT2D eigenvalue weighted by Crippen LogP contribution is 2.30. The number of benzene rings is 1. The number of hydrogen-bond donors (Lipinski definition) is 1. The molecule has 1 aliphatic heterocycles. The van der Waals surface area contributed by atoms with Gasteiger partial charge in [0, 0.05) is 41.9 Å². The summed E-state index contributed by atoms with van der Waals surface area (Å²) in [6.07, 6.45) is 0.683. The normalized spacial score (nSPS) is 20.9. The maximum atomic E-state index is 11.7. The highest BCUT2D eigenvalue weighted by molar-refractivity contribution is 7.91. The van der Waals surface area contributed by atoms with E-state index in [9.17, 15) is 8.42 Å². The lowest BCUT2D eigenvalue weighted by atomic mass is 10.1. The summed E-state index contributed by atoms with van der Waals surface area (Å²) in [5.74, 6) is 0.509. The van der Waals surface area contributed by atoms with Gasteiger partial charge in [-0.1, -0.05) is 31.5 Å². The Balaban J connectivity index is 2.24. The van der Waals surface area contributed by atoms with Crippen molar-refractivity contribution in [2.45, 2.75) is 38.9 Å². The Labute approximate surface area is 132 Å². The van der Waals surface area contributed by atoms with Crippen molar-refractivity contribution >= 4 is 27.1 Å². The summed E-state index contributed by atoms with van der Waals surface area (Å²) in [6, 6.07) is 6.20. The minimum absolute atomic E-state index is 0.0336. The molecule has 0 amide bonds. The third-order valence-electron chi connectivity index (χ3n) is 3.92. The third-order valence-corrected chi connectivity index (χ3v) is 6.02. The van der Waals surface area contributed by atoms with E-state index < -0.39 is 9.84 Å². The van der Waals surface area contributed by atoms with Gasteiger partial charge >= 0.3 is 0 Å². The standard InChI is InChI=1S/C15H23ClN2O2S/c1-11(2)17-9-13-14(16)5-4-6-15(13)18(3)12-7-8-21(19,20)10-12/h4-6,11-12,17H,7-10H2,1-3H3. The fourth-order valence-electron chi connectivity index (χ4n) is 2.64. The number of halogens is 1. The van der Waals surface area contributed by atoms with E-state index in [1.807, 2.05) is 25.2 Å². The number of rotatable bonds is 5. The average molecular weight is 331 g/mol. The molecule has 2 rings (SSSR count). The van der Waals surface area contributed by atoms with Gasteiger partial charge in [0.2, 0.25) is 0 Å². The molecule has 118 valence electrons. The zero-order chi connectivity index (χ0) is 15.6. The fraction of sp³-hybridized carbons (Fsp3) is 0.600. The molecule has 1 saturated heterocycles. The number of hydrogen-bond acceptors (Lipinski definition) is 4. The molecular formula is C15H23ClN2O2S. The van der Waals surface area contributed by atoms with Crippen LogP contribution in [0.3, 0.4) is 0 Å². The van der Waals surface area contributed by atoms with Gasteiger partial charge in [0.15, 0.2) is 9.84 Å². The lowest BCUT2D eigenvalue weighted by molar-refractivity contribution is 0.586. The molecule has 1 heterocycles. The summed E-state index contributed by atoms with van der Waals surface area (Å²) in [5.41, 5.74) is 2.04. The third kappa shape index (κ3) is 4.11. The maximum absolute atomic E-state index is 11.7. The first-order valence-corrected chi connectivity index (χ1v) is 9.44. The van der Waals surface area contributed by atoms with Crippen LogP contribution in [0.5, 0.6) is 0 Å². The van der Waals surface area contributed by atoms with E-state index in [1.54, 1.807) is 0 Å². The summed E-state index contributed by atoms with van der Waals surface area (Å²) in [6.45, 7) is 4.85. The Hall–Kier alpha value is -0.780. The van der Waals surface area contributed by atoms with Crippen LogP contribution in [-0.2, 0) is 16.4 Å². The summed E-state index contributed by atoms with van der Waals surface area (Å²) in [4.78, 5) is 2.06. The van der Waals surface area contributed by atoms with Crippen LogP contribution in [0.1, 0.15) is 25.8 Å². The molecule has 0 saturated carbocycles. The lowest BCUT2D eigenvalue weighted by Gasteiger charge is -2.28. The minimum atomic E-state index is -2.89. The van der Waals surface area contributed by atoms with Gasteiger partial charge in [-0.3, -0.25) is 0 Å². The molecule has 0 bridgehead atoms. The van der Waals surface area contributed by atoms with E-state index in [4.69, 9.17) is 11.6 Å². The second-order valence-electron chi connectivity index (χ2n) is 5.94. The Bertz CT molecular complexity index is 602. The summed E-state index contributed by atoms with van der Waals surface area (Å²) in [7, 11) is -0.933. The number of nitrogens with one attached hydrogen (secondary N) is 1. The lowest BCUT2D eigenvalue weighted by Crippen LogP contribution is -2.34. The molecule has 1 unspecified atom stereocenters. The predicted octanol–water partition coefficient (Wildman–Crippen LogP) is 2.46. The van der Waals surface area contributed by atoms with Crippen LogP contribution in [0, 0.1) is 0 Å².